The second kappa shape index (κ2) is 11.7. The molecule has 0 spiro atoms. The smallest absolute Gasteiger partial charge is 0.137 e. The predicted molar refractivity (Wildman–Crippen MR) is 132 cm³/mol. The normalized spacial score (nSPS) is 19.4. The first kappa shape index (κ1) is 22.3. The van der Waals surface area contributed by atoms with Crippen LogP contribution in [-0.4, -0.2) is 49.2 Å². The van der Waals surface area contributed by atoms with Gasteiger partial charge in [0.25, 0.3) is 0 Å². The number of nitrogens with two attached hydrogens (primary N) is 1. The average Bonchev–Trinajstić information content (AvgIpc) is 3.29. The summed E-state index contributed by atoms with van der Waals surface area (Å²) in [6.45, 7) is 10.1. The lowest BCUT2D eigenvalue weighted by atomic mass is 10.2. The van der Waals surface area contributed by atoms with Gasteiger partial charge in [-0.15, -0.1) is 11.8 Å². The lowest BCUT2D eigenvalue weighted by Crippen LogP contribution is -2.32. The lowest BCUT2D eigenvalue weighted by molar-refractivity contribution is 0.334. The van der Waals surface area contributed by atoms with Crippen molar-refractivity contribution < 1.29 is 0 Å². The predicted octanol–water partition coefficient (Wildman–Crippen LogP) is 5.63. The average molecular weight is 431 g/mol. The molecule has 29 heavy (non-hydrogen) atoms. The molecule has 6 heteroatoms. The van der Waals surface area contributed by atoms with E-state index in [9.17, 15) is 0 Å². The number of anilines is 1. The lowest BCUT2D eigenvalue weighted by Gasteiger charge is -2.31. The van der Waals surface area contributed by atoms with Crippen LogP contribution in [0.2, 0.25) is 0 Å². The second-order valence-electron chi connectivity index (χ2n) is 7.18. The highest BCUT2D eigenvalue weighted by Gasteiger charge is 2.18. The molecule has 0 radical (unpaired) electrons. The molecule has 4 nitrogen and oxygen atoms in total. The van der Waals surface area contributed by atoms with Crippen molar-refractivity contribution in [2.45, 2.75) is 44.4 Å². The maximum Gasteiger partial charge on any atom is 0.137 e. The molecule has 0 aliphatic carbocycles. The van der Waals surface area contributed by atoms with E-state index < -0.39 is 0 Å². The Kier molecular flexibility index (Phi) is 9.02. The van der Waals surface area contributed by atoms with E-state index in [1.165, 1.54) is 49.5 Å². The molecular weight excluding hydrogens is 396 g/mol. The largest absolute Gasteiger partial charge is 0.383 e. The maximum absolute atomic E-state index is 6.21. The van der Waals surface area contributed by atoms with E-state index in [1.807, 2.05) is 25.6 Å². The van der Waals surface area contributed by atoms with Crippen LogP contribution in [0.1, 0.15) is 39.5 Å². The number of allylic oxidation sites excluding steroid dienone is 2. The zero-order chi connectivity index (χ0) is 20.5. The van der Waals surface area contributed by atoms with E-state index >= 15 is 0 Å². The van der Waals surface area contributed by atoms with Gasteiger partial charge in [-0.3, -0.25) is 0 Å². The van der Waals surface area contributed by atoms with Crippen molar-refractivity contribution in [1.29, 1.82) is 0 Å². The van der Waals surface area contributed by atoms with Crippen molar-refractivity contribution in [3.8, 4) is 0 Å². The summed E-state index contributed by atoms with van der Waals surface area (Å²) in [5.74, 6) is 1.76. The number of fused-ring (bicyclic) bond motifs is 1. The number of thioether (sulfide) groups is 2. The third kappa shape index (κ3) is 6.30. The summed E-state index contributed by atoms with van der Waals surface area (Å²) in [4.78, 5) is 12.2. The van der Waals surface area contributed by atoms with Gasteiger partial charge >= 0.3 is 0 Å². The highest BCUT2D eigenvalue weighted by atomic mass is 32.2. The van der Waals surface area contributed by atoms with E-state index in [1.54, 1.807) is 11.8 Å². The van der Waals surface area contributed by atoms with E-state index in [2.05, 4.69) is 50.6 Å². The summed E-state index contributed by atoms with van der Waals surface area (Å²) in [6, 6.07) is 6.53. The van der Waals surface area contributed by atoms with E-state index in [4.69, 9.17) is 5.73 Å². The van der Waals surface area contributed by atoms with Crippen LogP contribution in [0.5, 0.6) is 0 Å². The van der Waals surface area contributed by atoms with Gasteiger partial charge in [0.15, 0.2) is 0 Å². The summed E-state index contributed by atoms with van der Waals surface area (Å²) in [7, 11) is 0. The van der Waals surface area contributed by atoms with Crippen LogP contribution in [0.3, 0.4) is 0 Å². The number of hydrogen-bond acceptors (Lipinski definition) is 5. The number of amidine groups is 1. The van der Waals surface area contributed by atoms with Gasteiger partial charge in [0, 0.05) is 23.7 Å². The van der Waals surface area contributed by atoms with Crippen molar-refractivity contribution in [3.05, 3.63) is 40.7 Å². The molecular formula is C23H34N4S2. The Morgan fingerprint density at radius 1 is 1.14 bits per heavy atom. The monoisotopic (exact) mass is 430 g/mol. The van der Waals surface area contributed by atoms with E-state index in [0.717, 1.165) is 35.9 Å². The highest BCUT2D eigenvalue weighted by molar-refractivity contribution is 8.06. The number of benzene rings is 1. The third-order valence-corrected chi connectivity index (χ3v) is 7.22. The van der Waals surface area contributed by atoms with Gasteiger partial charge in [0.1, 0.15) is 5.84 Å². The second-order valence-corrected chi connectivity index (χ2v) is 9.27. The Labute approximate surface area is 184 Å². The Bertz CT molecular complexity index is 751. The number of aliphatic imine (C=N–C) groups is 1. The van der Waals surface area contributed by atoms with Crippen LogP contribution < -0.4 is 10.6 Å². The molecule has 1 fully saturated rings. The number of rotatable bonds is 6. The fourth-order valence-electron chi connectivity index (χ4n) is 3.82. The molecule has 2 N–H and O–H groups in total. The van der Waals surface area contributed by atoms with Gasteiger partial charge in [-0.2, -0.15) is 0 Å². The molecule has 4 rings (SSSR count). The maximum atomic E-state index is 6.21. The summed E-state index contributed by atoms with van der Waals surface area (Å²) in [5.41, 5.74) is 8.53. The number of nitrogens with zero attached hydrogens (tertiary/aromatic N) is 3. The molecule has 0 amide bonds. The van der Waals surface area contributed by atoms with Crippen LogP contribution in [0, 0.1) is 0 Å². The quantitative estimate of drug-likeness (QED) is 0.468. The SMILES string of the molecule is CC.NC(=Nc1ccc2c(c1)SCCN2CCCN1CCCC1)C1=CCC=CS1. The topological polar surface area (TPSA) is 44.9 Å². The molecule has 3 aliphatic heterocycles. The minimum absolute atomic E-state index is 0.618. The van der Waals surface area contributed by atoms with Crippen molar-refractivity contribution in [2.75, 3.05) is 43.4 Å². The Morgan fingerprint density at radius 2 is 1.97 bits per heavy atom. The summed E-state index contributed by atoms with van der Waals surface area (Å²) in [6.07, 6.45) is 9.21. The number of likely N-dealkylation sites (tertiary alicyclic amines) is 1. The zero-order valence-corrected chi connectivity index (χ0v) is 19.4. The fourth-order valence-corrected chi connectivity index (χ4v) is 5.61. The molecule has 0 saturated carbocycles. The Hall–Kier alpha value is -1.37. The minimum atomic E-state index is 0.618. The molecule has 0 atom stereocenters. The Morgan fingerprint density at radius 3 is 2.72 bits per heavy atom. The van der Waals surface area contributed by atoms with Gasteiger partial charge in [-0.1, -0.05) is 37.8 Å². The van der Waals surface area contributed by atoms with Crippen molar-refractivity contribution in [3.63, 3.8) is 0 Å². The fraction of sp³-hybridized carbons (Fsp3) is 0.522. The first-order valence-corrected chi connectivity index (χ1v) is 12.8. The summed E-state index contributed by atoms with van der Waals surface area (Å²) < 4.78 is 0. The van der Waals surface area contributed by atoms with Gasteiger partial charge < -0.3 is 15.5 Å². The summed E-state index contributed by atoms with van der Waals surface area (Å²) >= 11 is 3.58. The van der Waals surface area contributed by atoms with Gasteiger partial charge in [-0.05, 0) is 68.9 Å². The number of hydrogen-bond donors (Lipinski definition) is 1. The minimum Gasteiger partial charge on any atom is -0.383 e. The van der Waals surface area contributed by atoms with Crippen LogP contribution in [0.4, 0.5) is 11.4 Å². The van der Waals surface area contributed by atoms with E-state index in [-0.39, 0.29) is 0 Å². The molecule has 3 heterocycles. The van der Waals surface area contributed by atoms with Gasteiger partial charge in [0.05, 0.1) is 16.3 Å². The van der Waals surface area contributed by atoms with Crippen LogP contribution >= 0.6 is 23.5 Å². The first-order valence-electron chi connectivity index (χ1n) is 10.9. The zero-order valence-electron chi connectivity index (χ0n) is 17.8. The first-order chi connectivity index (χ1) is 14.3. The Balaban J connectivity index is 0.00000117. The highest BCUT2D eigenvalue weighted by Crippen LogP contribution is 2.37. The molecule has 3 aliphatic rings. The molecule has 1 aromatic rings. The third-order valence-electron chi connectivity index (χ3n) is 5.24. The van der Waals surface area contributed by atoms with Crippen LogP contribution in [-0.2, 0) is 0 Å². The van der Waals surface area contributed by atoms with Crippen molar-refractivity contribution in [2.24, 2.45) is 10.7 Å². The van der Waals surface area contributed by atoms with Gasteiger partial charge in [0.2, 0.25) is 0 Å². The van der Waals surface area contributed by atoms with Crippen LogP contribution in [0.15, 0.2) is 50.6 Å². The molecule has 1 saturated heterocycles. The van der Waals surface area contributed by atoms with Crippen molar-refractivity contribution in [1.82, 2.24) is 4.90 Å². The molecule has 0 bridgehead atoms. The molecule has 0 aromatic heterocycles. The van der Waals surface area contributed by atoms with Crippen LogP contribution in [0.25, 0.3) is 0 Å². The standard InChI is InChI=1S/C21H28N4S2.C2H6/c22-21(19-6-1-4-14-26-19)23-17-7-8-18-20(16-17)27-15-13-25(18)12-5-11-24-9-2-3-10-24;1-2/h4,6-8,14,16H,1-3,5,9-13,15H2,(H2,22,23);1-2H3. The molecule has 158 valence electrons. The van der Waals surface area contributed by atoms with Gasteiger partial charge in [-0.25, -0.2) is 4.99 Å². The molecule has 1 aromatic carbocycles. The molecule has 0 unspecified atom stereocenters. The van der Waals surface area contributed by atoms with E-state index in [0.29, 0.717) is 5.84 Å². The van der Waals surface area contributed by atoms with Crippen molar-refractivity contribution >= 4 is 40.7 Å². The summed E-state index contributed by atoms with van der Waals surface area (Å²) in [5, 5.41) is 2.08.